The van der Waals surface area contributed by atoms with Gasteiger partial charge in [-0.25, -0.2) is 13.2 Å². The fourth-order valence-electron chi connectivity index (χ4n) is 1.96. The van der Waals surface area contributed by atoms with Crippen molar-refractivity contribution in [3.8, 4) is 0 Å². The van der Waals surface area contributed by atoms with Crippen molar-refractivity contribution >= 4 is 11.6 Å². The topological polar surface area (TPSA) is 41.1 Å². The summed E-state index contributed by atoms with van der Waals surface area (Å²) >= 11 is 0. The highest BCUT2D eigenvalue weighted by atomic mass is 19.1. The number of rotatable bonds is 2. The van der Waals surface area contributed by atoms with Crippen LogP contribution in [0.3, 0.4) is 0 Å². The van der Waals surface area contributed by atoms with Gasteiger partial charge in [-0.1, -0.05) is 0 Å². The summed E-state index contributed by atoms with van der Waals surface area (Å²) in [7, 11) is 0. The fourth-order valence-corrected chi connectivity index (χ4v) is 1.96. The minimum Gasteiger partial charge on any atom is -0.321 e. The van der Waals surface area contributed by atoms with Crippen molar-refractivity contribution in [2.75, 3.05) is 18.4 Å². The number of hydrogen-bond donors (Lipinski definition) is 2. The summed E-state index contributed by atoms with van der Waals surface area (Å²) in [4.78, 5) is 11.8. The third kappa shape index (κ3) is 2.81. The zero-order valence-electron chi connectivity index (χ0n) is 9.60. The number of benzene rings is 1. The average molecular weight is 258 g/mol. The molecule has 1 heterocycles. The Bertz CT molecular complexity index is 436. The van der Waals surface area contributed by atoms with Gasteiger partial charge < -0.3 is 10.6 Å². The van der Waals surface area contributed by atoms with E-state index < -0.39 is 29.0 Å². The van der Waals surface area contributed by atoms with E-state index in [1.165, 1.54) is 0 Å². The van der Waals surface area contributed by atoms with Crippen LogP contribution in [-0.2, 0) is 4.79 Å². The van der Waals surface area contributed by atoms with Gasteiger partial charge in [-0.15, -0.1) is 0 Å². The van der Waals surface area contributed by atoms with Gasteiger partial charge in [0.05, 0.1) is 5.92 Å². The van der Waals surface area contributed by atoms with Gasteiger partial charge in [-0.05, 0) is 19.4 Å². The van der Waals surface area contributed by atoms with Crippen molar-refractivity contribution in [2.24, 2.45) is 5.92 Å². The molecule has 1 fully saturated rings. The number of halogens is 3. The van der Waals surface area contributed by atoms with Gasteiger partial charge in [0.15, 0.2) is 11.6 Å². The molecular formula is C12H13F3N2O. The van der Waals surface area contributed by atoms with E-state index >= 15 is 0 Å². The Hall–Kier alpha value is -1.56. The number of anilines is 1. The smallest absolute Gasteiger partial charge is 0.228 e. The van der Waals surface area contributed by atoms with E-state index in [0.29, 0.717) is 25.1 Å². The van der Waals surface area contributed by atoms with Crippen molar-refractivity contribution in [2.45, 2.75) is 12.8 Å². The van der Waals surface area contributed by atoms with Crippen molar-refractivity contribution in [3.05, 3.63) is 29.6 Å². The maximum Gasteiger partial charge on any atom is 0.228 e. The van der Waals surface area contributed by atoms with Crippen LogP contribution in [0, 0.1) is 23.4 Å². The van der Waals surface area contributed by atoms with Gasteiger partial charge in [0.2, 0.25) is 5.91 Å². The molecule has 1 aromatic carbocycles. The first-order chi connectivity index (χ1) is 8.58. The molecule has 2 rings (SSSR count). The molecule has 1 atom stereocenters. The summed E-state index contributed by atoms with van der Waals surface area (Å²) < 4.78 is 39.4. The number of carbonyl (C=O) groups excluding carboxylic acids is 1. The van der Waals surface area contributed by atoms with E-state index in [1.807, 2.05) is 0 Å². The molecule has 1 aliphatic heterocycles. The summed E-state index contributed by atoms with van der Waals surface area (Å²) in [5, 5.41) is 5.21. The average Bonchev–Trinajstić information content (AvgIpc) is 2.34. The Morgan fingerprint density at radius 2 is 1.94 bits per heavy atom. The van der Waals surface area contributed by atoms with Gasteiger partial charge in [0.25, 0.3) is 0 Å². The van der Waals surface area contributed by atoms with E-state index in [-0.39, 0.29) is 5.92 Å². The third-order valence-corrected chi connectivity index (χ3v) is 2.92. The molecule has 1 aromatic rings. The lowest BCUT2D eigenvalue weighted by atomic mass is 9.99. The highest BCUT2D eigenvalue weighted by Crippen LogP contribution is 2.21. The lowest BCUT2D eigenvalue weighted by Crippen LogP contribution is -2.37. The van der Waals surface area contributed by atoms with Crippen molar-refractivity contribution < 1.29 is 18.0 Å². The predicted octanol–water partition coefficient (Wildman–Crippen LogP) is 2.04. The first-order valence-electron chi connectivity index (χ1n) is 5.74. The summed E-state index contributed by atoms with van der Waals surface area (Å²) in [5.41, 5.74) is -0.591. The van der Waals surface area contributed by atoms with E-state index in [1.54, 1.807) is 0 Å². The van der Waals surface area contributed by atoms with E-state index in [0.717, 1.165) is 13.0 Å². The second-order valence-corrected chi connectivity index (χ2v) is 4.28. The maximum absolute atomic E-state index is 13.3. The molecule has 0 aromatic heterocycles. The Morgan fingerprint density at radius 3 is 2.50 bits per heavy atom. The molecule has 3 nitrogen and oxygen atoms in total. The highest BCUT2D eigenvalue weighted by Gasteiger charge is 2.23. The maximum atomic E-state index is 13.3. The standard InChI is InChI=1S/C12H13F3N2O/c13-8-4-9(14)11(10(15)5-8)17-12(18)7-2-1-3-16-6-7/h4-5,7,16H,1-3,6H2,(H,17,18)/t7-/m1/s1. The first-order valence-corrected chi connectivity index (χ1v) is 5.74. The van der Waals surface area contributed by atoms with Crippen molar-refractivity contribution in [1.29, 1.82) is 0 Å². The van der Waals surface area contributed by atoms with Crippen LogP contribution in [0.15, 0.2) is 12.1 Å². The van der Waals surface area contributed by atoms with Crippen LogP contribution in [0.2, 0.25) is 0 Å². The molecule has 0 unspecified atom stereocenters. The lowest BCUT2D eigenvalue weighted by molar-refractivity contribution is -0.120. The second kappa shape index (κ2) is 5.39. The van der Waals surface area contributed by atoms with Gasteiger partial charge in [-0.2, -0.15) is 0 Å². The molecule has 0 aliphatic carbocycles. The second-order valence-electron chi connectivity index (χ2n) is 4.28. The number of nitrogens with one attached hydrogen (secondary N) is 2. The molecule has 0 bridgehead atoms. The van der Waals surface area contributed by atoms with E-state index in [4.69, 9.17) is 0 Å². The number of carbonyl (C=O) groups is 1. The molecule has 6 heteroatoms. The van der Waals surface area contributed by atoms with Crippen molar-refractivity contribution in [3.63, 3.8) is 0 Å². The van der Waals surface area contributed by atoms with Crippen LogP contribution in [0.4, 0.5) is 18.9 Å². The summed E-state index contributed by atoms with van der Waals surface area (Å²) in [6, 6.07) is 1.08. The molecule has 0 spiro atoms. The Labute approximate surface area is 102 Å². The summed E-state index contributed by atoms with van der Waals surface area (Å²) in [6.07, 6.45) is 1.51. The molecule has 2 N–H and O–H groups in total. The number of hydrogen-bond acceptors (Lipinski definition) is 2. The number of amides is 1. The Kier molecular flexibility index (Phi) is 3.86. The summed E-state index contributed by atoms with van der Waals surface area (Å²) in [6.45, 7) is 1.32. The van der Waals surface area contributed by atoms with E-state index in [9.17, 15) is 18.0 Å². The molecule has 1 saturated heterocycles. The van der Waals surface area contributed by atoms with Gasteiger partial charge >= 0.3 is 0 Å². The predicted molar refractivity (Wildman–Crippen MR) is 60.5 cm³/mol. The minimum atomic E-state index is -1.11. The highest BCUT2D eigenvalue weighted by molar-refractivity contribution is 5.93. The van der Waals surface area contributed by atoms with Crippen LogP contribution < -0.4 is 10.6 Å². The minimum absolute atomic E-state index is 0.317. The number of piperidine rings is 1. The zero-order chi connectivity index (χ0) is 13.1. The van der Waals surface area contributed by atoms with Crippen LogP contribution in [0.25, 0.3) is 0 Å². The Morgan fingerprint density at radius 1 is 1.28 bits per heavy atom. The molecule has 98 valence electrons. The van der Waals surface area contributed by atoms with Crippen LogP contribution >= 0.6 is 0 Å². The van der Waals surface area contributed by atoms with Gasteiger partial charge in [0.1, 0.15) is 11.5 Å². The van der Waals surface area contributed by atoms with Crippen LogP contribution in [0.5, 0.6) is 0 Å². The van der Waals surface area contributed by atoms with Gasteiger partial charge in [0, 0.05) is 18.7 Å². The van der Waals surface area contributed by atoms with Crippen LogP contribution in [-0.4, -0.2) is 19.0 Å². The normalized spacial score (nSPS) is 19.6. The zero-order valence-corrected chi connectivity index (χ0v) is 9.60. The van der Waals surface area contributed by atoms with Gasteiger partial charge in [-0.3, -0.25) is 4.79 Å². The van der Waals surface area contributed by atoms with E-state index in [2.05, 4.69) is 10.6 Å². The molecule has 18 heavy (non-hydrogen) atoms. The fraction of sp³-hybridized carbons (Fsp3) is 0.417. The molecule has 1 aliphatic rings. The van der Waals surface area contributed by atoms with Crippen LogP contribution in [0.1, 0.15) is 12.8 Å². The molecule has 0 saturated carbocycles. The monoisotopic (exact) mass is 258 g/mol. The lowest BCUT2D eigenvalue weighted by Gasteiger charge is -2.22. The third-order valence-electron chi connectivity index (χ3n) is 2.92. The SMILES string of the molecule is O=C(Nc1c(F)cc(F)cc1F)[C@@H]1CCCNC1. The molecule has 1 amide bonds. The largest absolute Gasteiger partial charge is 0.321 e. The van der Waals surface area contributed by atoms with Crippen molar-refractivity contribution in [1.82, 2.24) is 5.32 Å². The molecule has 0 radical (unpaired) electrons. The Balaban J connectivity index is 2.11. The first kappa shape index (κ1) is 12.9. The summed E-state index contributed by atoms with van der Waals surface area (Å²) in [5.74, 6) is -3.99. The quantitative estimate of drug-likeness (QED) is 0.852. The molecular weight excluding hydrogens is 245 g/mol.